The minimum Gasteiger partial charge on any atom is -0.465 e. The van der Waals surface area contributed by atoms with Gasteiger partial charge in [-0.3, -0.25) is 0 Å². The van der Waals surface area contributed by atoms with E-state index in [1.54, 1.807) is 30.3 Å². The maximum Gasteiger partial charge on any atom is 0.350 e. The number of esters is 3. The van der Waals surface area contributed by atoms with Crippen LogP contribution >= 0.6 is 0 Å². The van der Waals surface area contributed by atoms with Gasteiger partial charge in [-0.05, 0) is 35.4 Å². The van der Waals surface area contributed by atoms with E-state index in [4.69, 9.17) is 9.47 Å². The van der Waals surface area contributed by atoms with E-state index in [2.05, 4.69) is 10.1 Å². The van der Waals surface area contributed by atoms with Crippen LogP contribution in [0, 0.1) is 5.82 Å². The number of hydrogen-bond donors (Lipinski definition) is 1. The first-order valence-electron chi connectivity index (χ1n) is 8.62. The van der Waals surface area contributed by atoms with Crippen LogP contribution < -0.4 is 5.32 Å². The summed E-state index contributed by atoms with van der Waals surface area (Å²) < 4.78 is 28.6. The topological polar surface area (TPSA) is 90.9 Å². The molecule has 1 N–H and O–H groups in total. The van der Waals surface area contributed by atoms with Gasteiger partial charge in [-0.25, -0.2) is 18.8 Å². The fraction of sp³-hybridized carbons (Fsp3) is 0.190. The normalized spacial score (nSPS) is 15.2. The summed E-state index contributed by atoms with van der Waals surface area (Å²) in [7, 11) is 1.18. The highest BCUT2D eigenvalue weighted by atomic mass is 19.1. The summed E-state index contributed by atoms with van der Waals surface area (Å²) in [4.78, 5) is 35.3. The fourth-order valence-electron chi connectivity index (χ4n) is 2.66. The molecule has 150 valence electrons. The first-order valence-corrected chi connectivity index (χ1v) is 8.62. The Bertz CT molecular complexity index is 988. The van der Waals surface area contributed by atoms with Crippen LogP contribution in [-0.2, 0) is 23.8 Å². The molecule has 1 saturated heterocycles. The number of carbonyl (C=O) groups excluding carboxylic acids is 3. The van der Waals surface area contributed by atoms with Crippen LogP contribution in [0.1, 0.15) is 24.2 Å². The van der Waals surface area contributed by atoms with Gasteiger partial charge in [0.05, 0.1) is 12.7 Å². The Morgan fingerprint density at radius 1 is 1.03 bits per heavy atom. The first-order chi connectivity index (χ1) is 13.7. The summed E-state index contributed by atoms with van der Waals surface area (Å²) >= 11 is 0. The second-order valence-corrected chi connectivity index (χ2v) is 6.64. The molecule has 7 nitrogen and oxygen atoms in total. The Hall–Kier alpha value is -3.68. The molecule has 8 heteroatoms. The second-order valence-electron chi connectivity index (χ2n) is 6.64. The van der Waals surface area contributed by atoms with Gasteiger partial charge >= 0.3 is 17.9 Å². The van der Waals surface area contributed by atoms with Crippen molar-refractivity contribution in [3.05, 3.63) is 65.6 Å². The summed E-state index contributed by atoms with van der Waals surface area (Å²) in [6.45, 7) is 2.93. The van der Waals surface area contributed by atoms with Crippen molar-refractivity contribution in [2.24, 2.45) is 0 Å². The lowest BCUT2D eigenvalue weighted by Crippen LogP contribution is -2.42. The minimum absolute atomic E-state index is 0.143. The van der Waals surface area contributed by atoms with Gasteiger partial charge in [-0.1, -0.05) is 18.2 Å². The molecule has 29 heavy (non-hydrogen) atoms. The zero-order valence-electron chi connectivity index (χ0n) is 15.9. The SMILES string of the molecule is COC(=O)c1ccc(-c2ccc(NC=C3C(=O)OC(C)(C)OC3=O)cc2)cc1F. The molecule has 0 amide bonds. The van der Waals surface area contributed by atoms with Crippen molar-refractivity contribution in [1.82, 2.24) is 0 Å². The van der Waals surface area contributed by atoms with Crippen molar-refractivity contribution in [2.45, 2.75) is 19.6 Å². The van der Waals surface area contributed by atoms with Crippen molar-refractivity contribution in [2.75, 3.05) is 12.4 Å². The molecule has 2 aromatic rings. The maximum absolute atomic E-state index is 14.1. The van der Waals surface area contributed by atoms with E-state index in [-0.39, 0.29) is 11.1 Å². The number of cyclic esters (lactones) is 2. The highest BCUT2D eigenvalue weighted by molar-refractivity contribution is 6.15. The number of rotatable bonds is 4. The average molecular weight is 399 g/mol. The molecule has 0 aromatic heterocycles. The van der Waals surface area contributed by atoms with E-state index in [0.29, 0.717) is 16.8 Å². The quantitative estimate of drug-likeness (QED) is 0.479. The van der Waals surface area contributed by atoms with E-state index >= 15 is 0 Å². The Morgan fingerprint density at radius 2 is 1.62 bits per heavy atom. The van der Waals surface area contributed by atoms with E-state index in [1.807, 2.05) is 0 Å². The molecule has 0 unspecified atom stereocenters. The molecule has 0 bridgehead atoms. The molecular formula is C21H18FNO6. The zero-order valence-corrected chi connectivity index (χ0v) is 15.9. The molecule has 1 aliphatic rings. The molecule has 0 radical (unpaired) electrons. The summed E-state index contributed by atoms with van der Waals surface area (Å²) in [5, 5.41) is 2.83. The number of anilines is 1. The molecule has 1 heterocycles. The van der Waals surface area contributed by atoms with Crippen LogP contribution in [0.3, 0.4) is 0 Å². The Kier molecular flexibility index (Phi) is 5.36. The predicted molar refractivity (Wildman–Crippen MR) is 101 cm³/mol. The van der Waals surface area contributed by atoms with Gasteiger partial charge in [0.25, 0.3) is 5.79 Å². The van der Waals surface area contributed by atoms with E-state index in [0.717, 1.165) is 0 Å². The third-order valence-electron chi connectivity index (χ3n) is 4.09. The van der Waals surface area contributed by atoms with Crippen molar-refractivity contribution in [1.29, 1.82) is 0 Å². The van der Waals surface area contributed by atoms with E-state index < -0.39 is 29.5 Å². The summed E-state index contributed by atoms with van der Waals surface area (Å²) in [5.74, 6) is -4.29. The summed E-state index contributed by atoms with van der Waals surface area (Å²) in [5.41, 5.74) is 1.46. The van der Waals surface area contributed by atoms with Gasteiger partial charge < -0.3 is 19.5 Å². The van der Waals surface area contributed by atoms with Gasteiger partial charge in [0.2, 0.25) is 0 Å². The molecule has 3 rings (SSSR count). The van der Waals surface area contributed by atoms with E-state index in [9.17, 15) is 18.8 Å². The number of hydrogen-bond acceptors (Lipinski definition) is 7. The molecule has 1 fully saturated rings. The molecule has 0 spiro atoms. The van der Waals surface area contributed by atoms with Crippen LogP contribution in [0.15, 0.2) is 54.2 Å². The lowest BCUT2D eigenvalue weighted by molar-refractivity contribution is -0.222. The minimum atomic E-state index is -1.30. The average Bonchev–Trinajstić information content (AvgIpc) is 2.66. The summed E-state index contributed by atoms with van der Waals surface area (Å²) in [6, 6.07) is 11.0. The Labute approximate surface area is 166 Å². The molecule has 1 aliphatic heterocycles. The lowest BCUT2D eigenvalue weighted by atomic mass is 10.0. The lowest BCUT2D eigenvalue weighted by Gasteiger charge is -2.29. The summed E-state index contributed by atoms with van der Waals surface area (Å²) in [6.07, 6.45) is 1.21. The largest absolute Gasteiger partial charge is 0.465 e. The standard InChI is InChI=1S/C21H18FNO6/c1-21(2)28-19(25)16(20(26)29-21)11-23-14-7-4-12(5-8-14)13-6-9-15(17(22)10-13)18(24)27-3/h4-11,23H,1-3H3. The third kappa shape index (κ3) is 4.43. The number of carbonyl (C=O) groups is 3. The molecule has 0 aliphatic carbocycles. The smallest absolute Gasteiger partial charge is 0.350 e. The third-order valence-corrected chi connectivity index (χ3v) is 4.09. The van der Waals surface area contributed by atoms with Crippen molar-refractivity contribution in [3.8, 4) is 11.1 Å². The van der Waals surface area contributed by atoms with Crippen molar-refractivity contribution in [3.63, 3.8) is 0 Å². The Morgan fingerprint density at radius 3 is 2.17 bits per heavy atom. The van der Waals surface area contributed by atoms with Crippen LogP contribution in [-0.4, -0.2) is 30.8 Å². The number of benzene rings is 2. The monoisotopic (exact) mass is 399 g/mol. The van der Waals surface area contributed by atoms with Crippen LogP contribution in [0.2, 0.25) is 0 Å². The number of methoxy groups -OCH3 is 1. The van der Waals surface area contributed by atoms with Crippen molar-refractivity contribution >= 4 is 23.6 Å². The van der Waals surface area contributed by atoms with E-state index in [1.165, 1.54) is 39.3 Å². The van der Waals surface area contributed by atoms with Crippen LogP contribution in [0.5, 0.6) is 0 Å². The molecular weight excluding hydrogens is 381 g/mol. The van der Waals surface area contributed by atoms with Gasteiger partial charge in [-0.15, -0.1) is 0 Å². The van der Waals surface area contributed by atoms with Gasteiger partial charge in [0.1, 0.15) is 5.82 Å². The molecule has 2 aromatic carbocycles. The zero-order chi connectivity index (χ0) is 21.2. The fourth-order valence-corrected chi connectivity index (χ4v) is 2.66. The highest BCUT2D eigenvalue weighted by Crippen LogP contribution is 2.25. The van der Waals surface area contributed by atoms with Crippen LogP contribution in [0.25, 0.3) is 11.1 Å². The molecule has 0 saturated carbocycles. The van der Waals surface area contributed by atoms with Gasteiger partial charge in [0.15, 0.2) is 5.57 Å². The predicted octanol–water partition coefficient (Wildman–Crippen LogP) is 3.41. The van der Waals surface area contributed by atoms with Gasteiger partial charge in [-0.2, -0.15) is 0 Å². The number of ether oxygens (including phenoxy) is 3. The first kappa shape index (κ1) is 20.1. The molecule has 0 atom stereocenters. The Balaban J connectivity index is 1.74. The number of nitrogens with one attached hydrogen (secondary N) is 1. The highest BCUT2D eigenvalue weighted by Gasteiger charge is 2.38. The van der Waals surface area contributed by atoms with Crippen LogP contribution in [0.4, 0.5) is 10.1 Å². The number of halogens is 1. The van der Waals surface area contributed by atoms with Gasteiger partial charge in [0, 0.05) is 25.7 Å². The second kappa shape index (κ2) is 7.75. The van der Waals surface area contributed by atoms with Crippen molar-refractivity contribution < 1.29 is 33.0 Å². The maximum atomic E-state index is 14.1.